The zero-order valence-electron chi connectivity index (χ0n) is 34.4. The zero-order valence-corrected chi connectivity index (χ0v) is 45.1. The van der Waals surface area contributed by atoms with E-state index in [-0.39, 0.29) is 5.69 Å². The van der Waals surface area contributed by atoms with Crippen molar-refractivity contribution in [1.29, 1.82) is 0 Å². The summed E-state index contributed by atoms with van der Waals surface area (Å²) >= 11 is 23.7. The molecule has 5 heterocycles. The first-order valence-electron chi connectivity index (χ1n) is 19.3. The van der Waals surface area contributed by atoms with Crippen LogP contribution in [0.15, 0.2) is 177 Å². The summed E-state index contributed by atoms with van der Waals surface area (Å²) in [7, 11) is 0. The summed E-state index contributed by atoms with van der Waals surface area (Å²) in [6.45, 7) is 0. The van der Waals surface area contributed by atoms with E-state index < -0.39 is 23.3 Å². The Hall–Kier alpha value is -4.35. The van der Waals surface area contributed by atoms with Crippen LogP contribution in [0.3, 0.4) is 0 Å². The van der Waals surface area contributed by atoms with Crippen LogP contribution < -0.4 is 9.31 Å². The molecular formula is C48H37Br4Cl2N7O2Sn. The second-order valence-corrected chi connectivity index (χ2v) is 33.5. The van der Waals surface area contributed by atoms with E-state index in [1.807, 2.05) is 91.5 Å². The number of nitro benzene ring substituents is 1. The maximum absolute atomic E-state index is 10.7. The minimum atomic E-state index is -2.11. The number of nitrogens with zero attached hydrogens (tertiary/aromatic N) is 6. The van der Waals surface area contributed by atoms with Crippen molar-refractivity contribution in [2.45, 2.75) is 14.8 Å². The van der Waals surface area contributed by atoms with E-state index in [0.29, 0.717) is 9.86 Å². The topological polar surface area (TPSA) is 134 Å². The molecule has 16 heteroatoms. The van der Waals surface area contributed by atoms with Crippen molar-refractivity contribution in [2.24, 2.45) is 0 Å². The molecule has 0 aliphatic heterocycles. The molecule has 0 radical (unpaired) electrons. The SMILES string of the molecule is Brc1cncc2ccccc12.Clc1cccc2cncc(Br)c12.Nc1cccc2cncc(Br)c12.O=[N+]([O-])c1cccc2cncc(Br)c12.[CH3][Sn]([CH3])([CH3])[c]1cncc2cccc(Cl)c12. The van der Waals surface area contributed by atoms with Gasteiger partial charge in [0.25, 0.3) is 5.69 Å². The number of hydrogen-bond donors (Lipinski definition) is 1. The van der Waals surface area contributed by atoms with E-state index in [9.17, 15) is 10.1 Å². The number of halogens is 6. The molecule has 322 valence electrons. The van der Waals surface area contributed by atoms with E-state index in [4.69, 9.17) is 28.9 Å². The molecule has 10 rings (SSSR count). The third-order valence-corrected chi connectivity index (χ3v) is 18.3. The number of non-ortho nitro benzene ring substituents is 1. The van der Waals surface area contributed by atoms with Crippen molar-refractivity contribution >= 4 is 174 Å². The average molecular weight is 1250 g/mol. The normalized spacial score (nSPS) is 10.8. The fourth-order valence-corrected chi connectivity index (χ4v) is 13.9. The van der Waals surface area contributed by atoms with Gasteiger partial charge in [-0.15, -0.1) is 0 Å². The van der Waals surface area contributed by atoms with Gasteiger partial charge in [-0.3, -0.25) is 30.1 Å². The van der Waals surface area contributed by atoms with Crippen molar-refractivity contribution in [3.8, 4) is 0 Å². The number of aromatic nitrogens is 5. The van der Waals surface area contributed by atoms with Gasteiger partial charge >= 0.3 is 99.7 Å². The molecular weight excluding hydrogens is 1220 g/mol. The van der Waals surface area contributed by atoms with Gasteiger partial charge in [0.15, 0.2) is 0 Å². The Labute approximate surface area is 417 Å². The molecule has 0 saturated heterocycles. The second kappa shape index (κ2) is 22.7. The molecule has 10 aromatic rings. The number of hydrogen-bond acceptors (Lipinski definition) is 8. The van der Waals surface area contributed by atoms with Crippen molar-refractivity contribution in [3.63, 3.8) is 0 Å². The van der Waals surface area contributed by atoms with Crippen LogP contribution in [0.25, 0.3) is 53.9 Å². The van der Waals surface area contributed by atoms with Gasteiger partial charge in [0, 0.05) is 112 Å². The number of fused-ring (bicyclic) bond motifs is 5. The molecule has 0 atom stereocenters. The molecule has 0 amide bonds. The molecule has 5 aromatic heterocycles. The monoisotopic (exact) mass is 1250 g/mol. The molecule has 0 aliphatic rings. The summed E-state index contributed by atoms with van der Waals surface area (Å²) in [5, 5.41) is 22.6. The van der Waals surface area contributed by atoms with Gasteiger partial charge in [-0.05, 0) is 81.2 Å². The number of nitrogens with two attached hydrogens (primary N) is 1. The summed E-state index contributed by atoms with van der Waals surface area (Å²) in [6.07, 6.45) is 17.8. The molecule has 0 spiro atoms. The number of benzene rings is 5. The van der Waals surface area contributed by atoms with Gasteiger partial charge in [0.05, 0.1) is 14.8 Å². The summed E-state index contributed by atoms with van der Waals surface area (Å²) < 4.78 is 4.98. The molecule has 2 N–H and O–H groups in total. The first-order valence-corrected chi connectivity index (χ1v) is 33.2. The Morgan fingerprint density at radius 3 is 1.42 bits per heavy atom. The molecule has 0 aliphatic carbocycles. The summed E-state index contributed by atoms with van der Waals surface area (Å²) in [5.74, 6) is 0. The minimum absolute atomic E-state index is 0.0942. The third kappa shape index (κ3) is 12.3. The fraction of sp³-hybridized carbons (Fsp3) is 0.0625. The van der Waals surface area contributed by atoms with E-state index >= 15 is 0 Å². The van der Waals surface area contributed by atoms with Crippen molar-refractivity contribution in [1.82, 2.24) is 24.9 Å². The van der Waals surface area contributed by atoms with Crippen LogP contribution in [0, 0.1) is 10.1 Å². The van der Waals surface area contributed by atoms with Crippen LogP contribution in [0.4, 0.5) is 11.4 Å². The Kier molecular flexibility index (Phi) is 17.4. The molecule has 64 heavy (non-hydrogen) atoms. The number of nitrogen functional groups attached to an aromatic ring is 1. The summed E-state index contributed by atoms with van der Waals surface area (Å²) in [6, 6.07) is 30.7. The van der Waals surface area contributed by atoms with Gasteiger partial charge < -0.3 is 5.73 Å². The van der Waals surface area contributed by atoms with E-state index in [1.165, 1.54) is 25.8 Å². The van der Waals surface area contributed by atoms with Gasteiger partial charge in [-0.1, -0.05) is 72.3 Å². The van der Waals surface area contributed by atoms with Crippen molar-refractivity contribution < 1.29 is 4.92 Å². The van der Waals surface area contributed by atoms with Crippen LogP contribution in [-0.4, -0.2) is 48.2 Å². The van der Waals surface area contributed by atoms with Crippen LogP contribution in [0.1, 0.15) is 0 Å². The standard InChI is InChI=1S/C9H5BrClN.C9H5BrN2O2.C9H7BrN2.C9H6BrN.C9H5ClN.3CH3.Sn/c10-7-5-12-4-6-2-1-3-8(11)9(6)7;10-7-5-11-4-6-2-1-3-8(9(6)7)12(13)14;10-7-5-12-4-6-2-1-3-8(11)9(6)7;10-9-6-11-5-7-3-1-2-4-8(7)9;10-9-3-1-2-7-6-11-5-4-8(7)9;;;;/h1-5H;1-5H;1-5H,11H2;1-6H;1-3,5-6H;3*1H3;. The van der Waals surface area contributed by atoms with Crippen molar-refractivity contribution in [2.75, 3.05) is 5.73 Å². The zero-order chi connectivity index (χ0) is 46.0. The third-order valence-electron chi connectivity index (χ3n) is 9.53. The van der Waals surface area contributed by atoms with Gasteiger partial charge in [-0.25, -0.2) is 0 Å². The first kappa shape index (κ1) is 49.1. The summed E-state index contributed by atoms with van der Waals surface area (Å²) in [5.41, 5.74) is 6.67. The van der Waals surface area contributed by atoms with Gasteiger partial charge in [0.1, 0.15) is 0 Å². The Balaban J connectivity index is 0.000000133. The van der Waals surface area contributed by atoms with Crippen LogP contribution in [0.2, 0.25) is 24.9 Å². The fourth-order valence-electron chi connectivity index (χ4n) is 6.53. The van der Waals surface area contributed by atoms with E-state index in [0.717, 1.165) is 61.5 Å². The van der Waals surface area contributed by atoms with Gasteiger partial charge in [-0.2, -0.15) is 0 Å². The Morgan fingerprint density at radius 1 is 0.484 bits per heavy atom. The van der Waals surface area contributed by atoms with E-state index in [2.05, 4.69) is 116 Å². The number of anilines is 1. The Morgan fingerprint density at radius 2 is 0.891 bits per heavy atom. The molecule has 0 saturated carbocycles. The van der Waals surface area contributed by atoms with Crippen LogP contribution in [-0.2, 0) is 0 Å². The predicted molar refractivity (Wildman–Crippen MR) is 284 cm³/mol. The molecule has 9 nitrogen and oxygen atoms in total. The quantitative estimate of drug-likeness (QED) is 0.0783. The Bertz CT molecular complexity index is 3100. The molecule has 0 fully saturated rings. The molecule has 5 aromatic carbocycles. The average Bonchev–Trinajstić information content (AvgIpc) is 3.27. The van der Waals surface area contributed by atoms with Crippen LogP contribution in [0.5, 0.6) is 0 Å². The van der Waals surface area contributed by atoms with Crippen molar-refractivity contribution in [3.05, 3.63) is 197 Å². The number of pyridine rings is 5. The summed E-state index contributed by atoms with van der Waals surface area (Å²) in [4.78, 5) is 37.9. The van der Waals surface area contributed by atoms with Gasteiger partial charge in [0.2, 0.25) is 0 Å². The number of nitro groups is 1. The van der Waals surface area contributed by atoms with Crippen LogP contribution >= 0.6 is 86.9 Å². The molecule has 0 unspecified atom stereocenters. The number of rotatable bonds is 2. The second-order valence-electron chi connectivity index (χ2n) is 14.9. The maximum atomic E-state index is 10.7. The van der Waals surface area contributed by atoms with E-state index in [1.54, 1.807) is 49.3 Å². The predicted octanol–water partition coefficient (Wildman–Crippen LogP) is 15.6. The first-order chi connectivity index (χ1) is 30.6. The molecule has 0 bridgehead atoms.